The van der Waals surface area contributed by atoms with Gasteiger partial charge in [-0.05, 0) is 148 Å². The molecule has 0 fully saturated rings. The number of carbonyl (C=O) groups is 3. The summed E-state index contributed by atoms with van der Waals surface area (Å²) in [6.07, 6.45) is 103. The van der Waals surface area contributed by atoms with Crippen LogP contribution >= 0.6 is 15.6 Å². The third kappa shape index (κ3) is 79.0. The minimum absolute atomic E-state index is 0.00231. The molecule has 0 saturated carbocycles. The van der Waals surface area contributed by atoms with Crippen molar-refractivity contribution >= 4 is 33.6 Å². The van der Waals surface area contributed by atoms with Gasteiger partial charge >= 0.3 is 33.6 Å². The van der Waals surface area contributed by atoms with Gasteiger partial charge in [-0.25, -0.2) is 9.13 Å². The van der Waals surface area contributed by atoms with Gasteiger partial charge in [-0.2, -0.15) is 0 Å². The molecule has 0 aromatic rings. The Morgan fingerprint density at radius 3 is 0.838 bits per heavy atom. The molecule has 0 aliphatic carbocycles. The molecule has 0 heterocycles. The average molecular weight is 1500 g/mol. The minimum Gasteiger partial charge on any atom is -0.463 e. The smallest absolute Gasteiger partial charge is 0.463 e. The van der Waals surface area contributed by atoms with Gasteiger partial charge in [0.2, 0.25) is 0 Å². The zero-order chi connectivity index (χ0) is 76.6. The molecular formula is C87H138O16P2. The molecule has 0 rings (SSSR count). The summed E-state index contributed by atoms with van der Waals surface area (Å²) in [5.41, 5.74) is 0. The zero-order valence-corrected chi connectivity index (χ0v) is 66.3. The first-order chi connectivity index (χ1) is 51.2. The molecule has 105 heavy (non-hydrogen) atoms. The fourth-order valence-electron chi connectivity index (χ4n) is 9.64. The average Bonchev–Trinajstić information content (AvgIpc) is 0.911. The van der Waals surface area contributed by atoms with Crippen LogP contribution in [0.2, 0.25) is 0 Å². The lowest BCUT2D eigenvalue weighted by Crippen LogP contribution is -2.30. The Kier molecular flexibility index (Phi) is 73.4. The molecule has 18 heteroatoms. The van der Waals surface area contributed by atoms with Gasteiger partial charge in [0.05, 0.1) is 26.4 Å². The van der Waals surface area contributed by atoms with Gasteiger partial charge in [0.25, 0.3) is 0 Å². The van der Waals surface area contributed by atoms with Crippen molar-refractivity contribution in [3.05, 3.63) is 207 Å². The fraction of sp³-hybridized carbons (Fsp3) is 0.575. The molecular weight excluding hydrogens is 1360 g/mol. The maximum absolute atomic E-state index is 12.9. The zero-order valence-electron chi connectivity index (χ0n) is 64.6. The Labute approximate surface area is 635 Å². The number of ether oxygens (including phenoxy) is 3. The Hall–Kier alpha value is -5.87. The first-order valence-corrected chi connectivity index (χ1v) is 42.4. The summed E-state index contributed by atoms with van der Waals surface area (Å²) in [6.45, 7) is 2.14. The Morgan fingerprint density at radius 2 is 0.505 bits per heavy atom. The second-order valence-corrected chi connectivity index (χ2v) is 28.3. The second kappa shape index (κ2) is 77.7. The van der Waals surface area contributed by atoms with Crippen LogP contribution in [-0.2, 0) is 55.8 Å². The molecule has 4 N–H and O–H groups in total. The van der Waals surface area contributed by atoms with Crippen LogP contribution in [0.4, 0.5) is 0 Å². The molecule has 0 spiro atoms. The van der Waals surface area contributed by atoms with Crippen molar-refractivity contribution in [2.45, 2.75) is 283 Å². The highest BCUT2D eigenvalue weighted by molar-refractivity contribution is 7.47. The standard InChI is InChI=1S/C87H138O16P2/c1-4-7-10-13-16-19-22-25-28-31-33-34-35-36-37-38-39-40-41-42-43-44-45-46-48-51-52-55-58-61-64-67-70-73-85(90)97-76-82(88)77-99-104(93,94)100-78-83(89)79-101-105(95,96)102-81-84(103-87(92)75-72-69-66-63-60-57-54-49-30-27-24-21-18-15-12-9-6-3)80-98-86(91)74-71-68-65-62-59-56-53-50-47-32-29-26-23-20-17-14-11-8-5-2/h7-12,16-21,25-30,33-34,36-37,39-40,47,50,54,56-57,59,63,65-66,68,82-84,88-89H,4-6,13-15,22-24,31-32,35,38,41-46,48-49,51-53,55,58,60-62,64,67,69-81H2,1-3H3,(H,93,94)(H,95,96)/b10-7-,11-8-,12-9-,19-16-,20-17-,21-18-,28-25-,29-26-,30-27-,34-33-,37-36-,40-39-,50-47-,57-54-,59-56-,66-63-,68-65-. The van der Waals surface area contributed by atoms with Crippen LogP contribution in [0, 0.1) is 0 Å². The number of aliphatic hydroxyl groups excluding tert-OH is 2. The lowest BCUT2D eigenvalue weighted by molar-refractivity contribution is -0.161. The fourth-order valence-corrected chi connectivity index (χ4v) is 11.2. The van der Waals surface area contributed by atoms with E-state index >= 15 is 0 Å². The van der Waals surface area contributed by atoms with Crippen molar-refractivity contribution < 1.29 is 75.8 Å². The van der Waals surface area contributed by atoms with E-state index in [0.29, 0.717) is 32.1 Å². The summed E-state index contributed by atoms with van der Waals surface area (Å²) in [5.74, 6) is -1.76. The van der Waals surface area contributed by atoms with Crippen LogP contribution in [0.25, 0.3) is 0 Å². The number of unbranched alkanes of at least 4 members (excludes halogenated alkanes) is 15. The lowest BCUT2D eigenvalue weighted by Gasteiger charge is -2.21. The molecule has 0 radical (unpaired) electrons. The molecule has 592 valence electrons. The van der Waals surface area contributed by atoms with E-state index in [1.807, 2.05) is 30.4 Å². The summed E-state index contributed by atoms with van der Waals surface area (Å²) >= 11 is 0. The number of phosphoric ester groups is 2. The predicted molar refractivity (Wildman–Crippen MR) is 435 cm³/mol. The topological polar surface area (TPSA) is 231 Å². The van der Waals surface area contributed by atoms with E-state index < -0.39 is 91.5 Å². The number of hydrogen-bond donors (Lipinski definition) is 4. The summed E-state index contributed by atoms with van der Waals surface area (Å²) < 4.78 is 60.9. The van der Waals surface area contributed by atoms with Crippen LogP contribution < -0.4 is 0 Å². The van der Waals surface area contributed by atoms with E-state index in [9.17, 15) is 43.5 Å². The highest BCUT2D eigenvalue weighted by atomic mass is 31.2. The Balaban J connectivity index is 4.59. The molecule has 0 aliphatic rings. The number of rotatable bonds is 72. The number of esters is 3. The van der Waals surface area contributed by atoms with Crippen LogP contribution in [0.15, 0.2) is 207 Å². The van der Waals surface area contributed by atoms with Crippen molar-refractivity contribution in [3.8, 4) is 0 Å². The van der Waals surface area contributed by atoms with Crippen molar-refractivity contribution in [1.29, 1.82) is 0 Å². The maximum atomic E-state index is 12.9. The first kappa shape index (κ1) is 99.1. The minimum atomic E-state index is -4.97. The van der Waals surface area contributed by atoms with Crippen molar-refractivity contribution in [1.82, 2.24) is 0 Å². The molecule has 0 aromatic carbocycles. The third-order valence-electron chi connectivity index (χ3n) is 15.5. The van der Waals surface area contributed by atoms with Gasteiger partial charge in [-0.15, -0.1) is 0 Å². The lowest BCUT2D eigenvalue weighted by atomic mass is 10.0. The van der Waals surface area contributed by atoms with Crippen LogP contribution in [0.1, 0.15) is 265 Å². The van der Waals surface area contributed by atoms with E-state index in [0.717, 1.165) is 128 Å². The van der Waals surface area contributed by atoms with Crippen LogP contribution in [0.3, 0.4) is 0 Å². The van der Waals surface area contributed by atoms with Crippen molar-refractivity contribution in [3.63, 3.8) is 0 Å². The number of aliphatic hydroxyl groups is 2. The van der Waals surface area contributed by atoms with Gasteiger partial charge in [0.15, 0.2) is 6.10 Å². The van der Waals surface area contributed by atoms with Gasteiger partial charge in [0.1, 0.15) is 25.4 Å². The van der Waals surface area contributed by atoms with Gasteiger partial charge in [0, 0.05) is 19.3 Å². The van der Waals surface area contributed by atoms with Gasteiger partial charge in [-0.1, -0.05) is 304 Å². The summed E-state index contributed by atoms with van der Waals surface area (Å²) in [6, 6.07) is 0. The van der Waals surface area contributed by atoms with Crippen molar-refractivity contribution in [2.24, 2.45) is 0 Å². The quantitative estimate of drug-likeness (QED) is 0.0146. The number of carbonyl (C=O) groups excluding carboxylic acids is 3. The number of hydrogen-bond acceptors (Lipinski definition) is 14. The summed E-state index contributed by atoms with van der Waals surface area (Å²) in [7, 11) is -9.85. The highest BCUT2D eigenvalue weighted by Gasteiger charge is 2.29. The molecule has 0 aromatic heterocycles. The van der Waals surface area contributed by atoms with E-state index in [2.05, 4.69) is 197 Å². The third-order valence-corrected chi connectivity index (χ3v) is 17.4. The molecule has 0 amide bonds. The molecule has 5 unspecified atom stereocenters. The molecule has 16 nitrogen and oxygen atoms in total. The highest BCUT2D eigenvalue weighted by Crippen LogP contribution is 2.45. The normalized spacial score (nSPS) is 15.1. The summed E-state index contributed by atoms with van der Waals surface area (Å²) in [5, 5.41) is 20.6. The van der Waals surface area contributed by atoms with E-state index in [-0.39, 0.29) is 19.3 Å². The van der Waals surface area contributed by atoms with Crippen molar-refractivity contribution in [2.75, 3.05) is 39.6 Å². The largest absolute Gasteiger partial charge is 0.472 e. The van der Waals surface area contributed by atoms with E-state index in [4.69, 9.17) is 32.3 Å². The van der Waals surface area contributed by atoms with Gasteiger partial charge < -0.3 is 34.2 Å². The molecule has 0 saturated heterocycles. The van der Waals surface area contributed by atoms with E-state index in [1.54, 1.807) is 0 Å². The first-order valence-electron chi connectivity index (χ1n) is 39.4. The SMILES string of the molecule is CC/C=C\C/C=C\C/C=C\C/C=C\C/C=C\C/C=C\CCCCCCCCCCCCCCCCC(=O)OCC(O)COP(=O)(O)OCC(O)COP(=O)(O)OCC(COC(=O)CC/C=C\C/C=C\C/C=C\C/C=C\C/C=C\C/C=C\CC)OC(=O)CCC/C=C\C/C=C\C/C=C\C/C=C\C/C=C\CC. The second-order valence-electron chi connectivity index (χ2n) is 25.4. The predicted octanol–water partition coefficient (Wildman–Crippen LogP) is 23.3. The Morgan fingerprint density at radius 1 is 0.267 bits per heavy atom. The summed E-state index contributed by atoms with van der Waals surface area (Å²) in [4.78, 5) is 58.6. The van der Waals surface area contributed by atoms with E-state index in [1.165, 1.54) is 64.2 Å². The molecule has 0 aliphatic heterocycles. The molecule has 5 atom stereocenters. The van der Waals surface area contributed by atoms with Crippen LogP contribution in [-0.4, -0.2) is 95.9 Å². The number of allylic oxidation sites excluding steroid dienone is 34. The Bertz CT molecular complexity index is 2740. The monoisotopic (exact) mass is 1500 g/mol. The molecule has 0 bridgehead atoms. The van der Waals surface area contributed by atoms with Crippen LogP contribution in [0.5, 0.6) is 0 Å². The number of phosphoric acid groups is 2. The maximum Gasteiger partial charge on any atom is 0.472 e. The van der Waals surface area contributed by atoms with Gasteiger partial charge in [-0.3, -0.25) is 32.5 Å².